The number of urea groups is 1. The molecule has 92 valence electrons. The van der Waals surface area contributed by atoms with Crippen molar-refractivity contribution in [3.8, 4) is 0 Å². The number of hydrogen-bond donors (Lipinski definition) is 2. The van der Waals surface area contributed by atoms with Gasteiger partial charge in [-0.1, -0.05) is 11.5 Å². The van der Waals surface area contributed by atoms with Crippen LogP contribution in [0.25, 0.3) is 0 Å². The van der Waals surface area contributed by atoms with Crippen molar-refractivity contribution in [2.45, 2.75) is 0 Å². The minimum Gasteiger partial charge on any atom is -0.445 e. The van der Waals surface area contributed by atoms with E-state index >= 15 is 0 Å². The van der Waals surface area contributed by atoms with Gasteiger partial charge in [0, 0.05) is 0 Å². The molecule has 0 heterocycles. The first-order chi connectivity index (χ1) is 7.80. The Morgan fingerprint density at radius 1 is 1.41 bits per heavy atom. The summed E-state index contributed by atoms with van der Waals surface area (Å²) in [4.78, 5) is 10.2. The fraction of sp³-hybridized carbons (Fsp3) is 0. The largest absolute Gasteiger partial charge is 0.510 e. The molecule has 0 aliphatic carbocycles. The van der Waals surface area contributed by atoms with Crippen molar-refractivity contribution in [1.29, 1.82) is 0 Å². The van der Waals surface area contributed by atoms with Crippen LogP contribution in [0, 0.1) is 5.82 Å². The van der Waals surface area contributed by atoms with Crippen LogP contribution in [0.3, 0.4) is 0 Å². The highest BCUT2D eigenvalue weighted by molar-refractivity contribution is 6.74. The lowest BCUT2D eigenvalue weighted by molar-refractivity contribution is 0.249. The summed E-state index contributed by atoms with van der Waals surface area (Å²) in [6, 6.07) is 0.943. The summed E-state index contributed by atoms with van der Waals surface area (Å²) >= 11 is 0. The molecule has 0 spiro atoms. The first-order valence-electron chi connectivity index (χ1n) is 4.38. The van der Waals surface area contributed by atoms with E-state index in [4.69, 9.17) is 0 Å². The number of hydrogen-bond acceptors (Lipinski definition) is 2. The van der Waals surface area contributed by atoms with E-state index in [0.717, 1.165) is 0 Å². The summed E-state index contributed by atoms with van der Waals surface area (Å²) in [7, 11) is 0. The van der Waals surface area contributed by atoms with Gasteiger partial charge in [-0.25, -0.2) is 14.6 Å². The third kappa shape index (κ3) is 3.78. The lowest BCUT2D eigenvalue weighted by atomic mass is 9.77. The molecule has 0 bridgehead atoms. The number of rotatable bonds is 3. The standard InChI is InChI=1S/C8H7BF4N3O/c10-6-1-2-7(9(11,12)13)5(3-6)4-15-16-8(14)17/h1-4H,(H3,14,16,17)/q-1. The first kappa shape index (κ1) is 13.0. The van der Waals surface area contributed by atoms with Crippen LogP contribution in [-0.4, -0.2) is 19.2 Å². The molecular formula is C8H7BF4N3O-. The van der Waals surface area contributed by atoms with Gasteiger partial charge in [-0.15, -0.1) is 0 Å². The Hall–Kier alpha value is -2.06. The van der Waals surface area contributed by atoms with Crippen molar-refractivity contribution in [3.05, 3.63) is 29.6 Å². The van der Waals surface area contributed by atoms with Gasteiger partial charge in [-0.3, -0.25) is 0 Å². The average molecular weight is 248 g/mol. The normalized spacial score (nSPS) is 11.8. The van der Waals surface area contributed by atoms with Crippen LogP contribution in [0.5, 0.6) is 0 Å². The average Bonchev–Trinajstić information content (AvgIpc) is 2.15. The Bertz CT molecular complexity index is 461. The van der Waals surface area contributed by atoms with Gasteiger partial charge in [0.2, 0.25) is 0 Å². The maximum atomic E-state index is 12.8. The number of nitrogens with one attached hydrogen (secondary N) is 1. The molecular weight excluding hydrogens is 241 g/mol. The maximum Gasteiger partial charge on any atom is 0.510 e. The van der Waals surface area contributed by atoms with Gasteiger partial charge in [0.05, 0.1) is 6.21 Å². The highest BCUT2D eigenvalue weighted by atomic mass is 19.4. The quantitative estimate of drug-likeness (QED) is 0.354. The molecule has 0 aliphatic heterocycles. The van der Waals surface area contributed by atoms with E-state index in [0.29, 0.717) is 24.4 Å². The molecule has 0 fully saturated rings. The minimum absolute atomic E-state index is 0.480. The zero-order valence-electron chi connectivity index (χ0n) is 8.33. The van der Waals surface area contributed by atoms with Crippen molar-refractivity contribution >= 4 is 24.7 Å². The predicted octanol–water partition coefficient (Wildman–Crippen LogP) is 0.882. The van der Waals surface area contributed by atoms with Crippen molar-refractivity contribution in [2.24, 2.45) is 10.8 Å². The van der Waals surface area contributed by atoms with E-state index in [1.807, 2.05) is 0 Å². The molecule has 17 heavy (non-hydrogen) atoms. The van der Waals surface area contributed by atoms with E-state index in [1.54, 1.807) is 5.43 Å². The second kappa shape index (κ2) is 4.85. The molecule has 4 nitrogen and oxygen atoms in total. The third-order valence-electron chi connectivity index (χ3n) is 1.78. The number of primary amides is 1. The second-order valence-corrected chi connectivity index (χ2v) is 3.08. The number of amides is 2. The Labute approximate surface area is 93.5 Å². The van der Waals surface area contributed by atoms with Gasteiger partial charge in [0.15, 0.2) is 0 Å². The summed E-state index contributed by atoms with van der Waals surface area (Å²) in [6.07, 6.45) is 0.679. The van der Waals surface area contributed by atoms with Crippen molar-refractivity contribution in [2.75, 3.05) is 0 Å². The maximum absolute atomic E-state index is 12.8. The van der Waals surface area contributed by atoms with Crippen LogP contribution >= 0.6 is 0 Å². The second-order valence-electron chi connectivity index (χ2n) is 3.08. The highest BCUT2D eigenvalue weighted by Crippen LogP contribution is 2.12. The molecule has 1 aromatic carbocycles. The van der Waals surface area contributed by atoms with E-state index in [-0.39, 0.29) is 0 Å². The first-order valence-corrected chi connectivity index (χ1v) is 4.38. The SMILES string of the molecule is NC(=O)NN=Cc1cc(F)ccc1[B-](F)(F)F. The highest BCUT2D eigenvalue weighted by Gasteiger charge is 2.27. The number of halogens is 4. The van der Waals surface area contributed by atoms with Gasteiger partial charge in [0.1, 0.15) is 5.82 Å². The van der Waals surface area contributed by atoms with Gasteiger partial charge in [0.25, 0.3) is 0 Å². The monoisotopic (exact) mass is 248 g/mol. The van der Waals surface area contributed by atoms with E-state index in [9.17, 15) is 22.1 Å². The summed E-state index contributed by atoms with van der Waals surface area (Å²) in [5.74, 6) is -0.839. The topological polar surface area (TPSA) is 67.5 Å². The fourth-order valence-electron chi connectivity index (χ4n) is 1.12. The molecule has 3 N–H and O–H groups in total. The van der Waals surface area contributed by atoms with Crippen LogP contribution in [0.15, 0.2) is 23.3 Å². The van der Waals surface area contributed by atoms with Crippen LogP contribution in [-0.2, 0) is 0 Å². The van der Waals surface area contributed by atoms with Gasteiger partial charge in [-0.2, -0.15) is 5.10 Å². The lowest BCUT2D eigenvalue weighted by Gasteiger charge is -2.17. The van der Waals surface area contributed by atoms with Crippen molar-refractivity contribution in [1.82, 2.24) is 5.43 Å². The number of carbonyl (C=O) groups is 1. The van der Waals surface area contributed by atoms with Crippen LogP contribution < -0.4 is 16.6 Å². The van der Waals surface area contributed by atoms with E-state index < -0.39 is 29.9 Å². The van der Waals surface area contributed by atoms with E-state index in [2.05, 4.69) is 10.8 Å². The number of carbonyl (C=O) groups excluding carboxylic acids is 1. The van der Waals surface area contributed by atoms with Crippen LogP contribution in [0.4, 0.5) is 22.1 Å². The van der Waals surface area contributed by atoms with Crippen molar-refractivity contribution in [3.63, 3.8) is 0 Å². The van der Waals surface area contributed by atoms with Gasteiger partial charge < -0.3 is 18.7 Å². The Balaban J connectivity index is 3.08. The summed E-state index contributed by atoms with van der Waals surface area (Å²) in [6.45, 7) is -5.29. The third-order valence-corrected chi connectivity index (χ3v) is 1.78. The Kier molecular flexibility index (Phi) is 3.71. The molecule has 0 saturated carbocycles. The van der Waals surface area contributed by atoms with E-state index in [1.165, 1.54) is 0 Å². The summed E-state index contributed by atoms with van der Waals surface area (Å²) < 4.78 is 50.4. The van der Waals surface area contributed by atoms with Gasteiger partial charge in [-0.05, 0) is 17.7 Å². The number of nitrogens with zero attached hydrogens (tertiary/aromatic N) is 1. The van der Waals surface area contributed by atoms with Gasteiger partial charge >= 0.3 is 13.0 Å². The van der Waals surface area contributed by atoms with Crippen LogP contribution in [0.1, 0.15) is 5.56 Å². The molecule has 0 atom stereocenters. The molecule has 0 radical (unpaired) electrons. The molecule has 9 heteroatoms. The number of benzene rings is 1. The fourth-order valence-corrected chi connectivity index (χ4v) is 1.12. The van der Waals surface area contributed by atoms with Crippen molar-refractivity contribution < 1.29 is 22.1 Å². The molecule has 0 saturated heterocycles. The zero-order chi connectivity index (χ0) is 13.1. The summed E-state index contributed by atoms with van der Waals surface area (Å²) in [5.41, 5.74) is 4.89. The smallest absolute Gasteiger partial charge is 0.445 e. The zero-order valence-corrected chi connectivity index (χ0v) is 8.33. The predicted molar refractivity (Wildman–Crippen MR) is 55.4 cm³/mol. The number of hydrazone groups is 1. The minimum atomic E-state index is -5.29. The van der Waals surface area contributed by atoms with Crippen LogP contribution in [0.2, 0.25) is 0 Å². The molecule has 0 aromatic heterocycles. The molecule has 2 amide bonds. The molecule has 1 rings (SSSR count). The molecule has 0 aliphatic rings. The molecule has 1 aromatic rings. The number of nitrogens with two attached hydrogens (primary N) is 1. The Morgan fingerprint density at radius 3 is 2.59 bits per heavy atom. The lowest BCUT2D eigenvalue weighted by Crippen LogP contribution is -2.37. The Morgan fingerprint density at radius 2 is 2.06 bits per heavy atom. The summed E-state index contributed by atoms with van der Waals surface area (Å²) in [5, 5.41) is 3.15. The molecule has 0 unspecified atom stereocenters.